The summed E-state index contributed by atoms with van der Waals surface area (Å²) in [4.78, 5) is 42.5. The zero-order valence-electron chi connectivity index (χ0n) is 27.8. The van der Waals surface area contributed by atoms with Crippen molar-refractivity contribution in [1.82, 2.24) is 15.5 Å². The Morgan fingerprint density at radius 3 is 2.27 bits per heavy atom. The number of rotatable bonds is 10. The number of carbonyl (C=O) groups is 3. The van der Waals surface area contributed by atoms with Crippen molar-refractivity contribution in [1.29, 1.82) is 0 Å². The maximum atomic E-state index is 14.6. The number of ether oxygens (including phenoxy) is 2. The predicted molar refractivity (Wildman–Crippen MR) is 183 cm³/mol. The molecule has 48 heavy (non-hydrogen) atoms. The van der Waals surface area contributed by atoms with E-state index in [-0.39, 0.29) is 44.1 Å². The first kappa shape index (κ1) is 35.3. The first-order valence-electron chi connectivity index (χ1n) is 15.8. The van der Waals surface area contributed by atoms with Crippen LogP contribution in [-0.2, 0) is 25.0 Å². The lowest BCUT2D eigenvalue weighted by Crippen LogP contribution is -2.43. The summed E-state index contributed by atoms with van der Waals surface area (Å²) in [5.41, 5.74) is -0.777. The number of nitrogens with one attached hydrogen (secondary N) is 2. The molecule has 5 rings (SSSR count). The lowest BCUT2D eigenvalue weighted by Gasteiger charge is -2.27. The van der Waals surface area contributed by atoms with Crippen molar-refractivity contribution in [3.63, 3.8) is 0 Å². The minimum atomic E-state index is -4.47. The molecule has 3 aromatic carbocycles. The molecule has 256 valence electrons. The van der Waals surface area contributed by atoms with E-state index < -0.39 is 26.9 Å². The van der Waals surface area contributed by atoms with E-state index in [2.05, 4.69) is 15.5 Å². The number of hydrogen-bond acceptors (Lipinski definition) is 8. The van der Waals surface area contributed by atoms with Gasteiger partial charge < -0.3 is 20.1 Å². The van der Waals surface area contributed by atoms with E-state index in [1.807, 2.05) is 27.7 Å². The Labute approximate surface area is 286 Å². The number of benzene rings is 3. The minimum absolute atomic E-state index is 0.136. The standard InChI is InChI=1S/C35H41ClN4O7S/c1-6-47-25-10-14-30-28(22-25)35(5,27-21-24(9-13-29(27)36)31(41)37-15-16-39-17-19-46-20-18-39)33(43)40(30)48(44,45)26-11-7-23(8-12-26)32(42)38-34(2,3)4/h7-14,21-22H,6,15-20H2,1-5H3,(H,37,41)(H,38,42). The number of hydrogen-bond donors (Lipinski definition) is 2. The number of morpholine rings is 1. The van der Waals surface area contributed by atoms with Crippen LogP contribution in [0.5, 0.6) is 5.75 Å². The average Bonchev–Trinajstić information content (AvgIpc) is 3.27. The van der Waals surface area contributed by atoms with Crippen LogP contribution in [0.4, 0.5) is 5.69 Å². The van der Waals surface area contributed by atoms with Crippen molar-refractivity contribution >= 4 is 45.0 Å². The van der Waals surface area contributed by atoms with Crippen LogP contribution in [-0.4, -0.2) is 82.6 Å². The van der Waals surface area contributed by atoms with Gasteiger partial charge in [0.2, 0.25) is 0 Å². The van der Waals surface area contributed by atoms with Gasteiger partial charge >= 0.3 is 0 Å². The van der Waals surface area contributed by atoms with Gasteiger partial charge in [0.25, 0.3) is 27.7 Å². The summed E-state index contributed by atoms with van der Waals surface area (Å²) in [6.07, 6.45) is 0. The third kappa shape index (κ3) is 7.07. The van der Waals surface area contributed by atoms with Crippen molar-refractivity contribution < 1.29 is 32.3 Å². The first-order chi connectivity index (χ1) is 22.7. The van der Waals surface area contributed by atoms with E-state index >= 15 is 0 Å². The normalized spacial score (nSPS) is 18.4. The summed E-state index contributed by atoms with van der Waals surface area (Å²) in [7, 11) is -4.47. The SMILES string of the molecule is CCOc1ccc2c(c1)C(C)(c1cc(C(=O)NCCN3CCOCC3)ccc1Cl)C(=O)N2S(=O)(=O)c1ccc(C(=O)NC(C)(C)C)cc1. The van der Waals surface area contributed by atoms with Crippen LogP contribution in [0.1, 0.15) is 66.5 Å². The van der Waals surface area contributed by atoms with Gasteiger partial charge in [-0.15, -0.1) is 0 Å². The Bertz CT molecular complexity index is 1820. The van der Waals surface area contributed by atoms with Crippen molar-refractivity contribution in [2.45, 2.75) is 50.5 Å². The van der Waals surface area contributed by atoms with E-state index in [1.54, 1.807) is 31.2 Å². The topological polar surface area (TPSA) is 134 Å². The lowest BCUT2D eigenvalue weighted by atomic mass is 9.76. The molecule has 3 amide bonds. The van der Waals surface area contributed by atoms with Gasteiger partial charge in [0.05, 0.1) is 30.4 Å². The highest BCUT2D eigenvalue weighted by molar-refractivity contribution is 7.93. The molecule has 0 aromatic heterocycles. The molecule has 0 bridgehead atoms. The fourth-order valence-corrected chi connectivity index (χ4v) is 7.69. The van der Waals surface area contributed by atoms with E-state index in [1.165, 1.54) is 36.4 Å². The Balaban J connectivity index is 1.50. The van der Waals surface area contributed by atoms with E-state index in [0.29, 0.717) is 44.2 Å². The fourth-order valence-electron chi connectivity index (χ4n) is 5.88. The summed E-state index contributed by atoms with van der Waals surface area (Å²) in [6, 6.07) is 14.8. The predicted octanol–water partition coefficient (Wildman–Crippen LogP) is 4.37. The second-order valence-electron chi connectivity index (χ2n) is 12.9. The molecule has 13 heteroatoms. The maximum Gasteiger partial charge on any atom is 0.270 e. The molecular formula is C35H41ClN4O7S. The largest absolute Gasteiger partial charge is 0.494 e. The van der Waals surface area contributed by atoms with Crippen molar-refractivity contribution in [2.75, 3.05) is 50.3 Å². The average molecular weight is 697 g/mol. The van der Waals surface area contributed by atoms with Gasteiger partial charge in [-0.25, -0.2) is 12.7 Å². The molecule has 0 spiro atoms. The van der Waals surface area contributed by atoms with Gasteiger partial charge in [-0.2, -0.15) is 0 Å². The monoisotopic (exact) mass is 696 g/mol. The number of sulfonamides is 1. The maximum absolute atomic E-state index is 14.6. The number of halogens is 1. The second kappa shape index (κ2) is 13.9. The molecule has 1 atom stereocenters. The summed E-state index contributed by atoms with van der Waals surface area (Å²) in [5, 5.41) is 5.96. The van der Waals surface area contributed by atoms with Crippen molar-refractivity contribution in [3.8, 4) is 5.75 Å². The molecule has 1 saturated heterocycles. The molecule has 1 fully saturated rings. The Hall–Kier alpha value is -3.97. The van der Waals surface area contributed by atoms with Crippen LogP contribution in [0, 0.1) is 0 Å². The third-order valence-electron chi connectivity index (χ3n) is 8.38. The smallest absolute Gasteiger partial charge is 0.270 e. The number of anilines is 1. The number of amides is 3. The number of carbonyl (C=O) groups excluding carboxylic acids is 3. The summed E-state index contributed by atoms with van der Waals surface area (Å²) < 4.78 is 40.3. The number of nitrogens with zero attached hydrogens (tertiary/aromatic N) is 2. The fraction of sp³-hybridized carbons (Fsp3) is 0.400. The highest BCUT2D eigenvalue weighted by Gasteiger charge is 2.54. The van der Waals surface area contributed by atoms with Gasteiger partial charge in [0, 0.05) is 53.4 Å². The minimum Gasteiger partial charge on any atom is -0.494 e. The van der Waals surface area contributed by atoms with Crippen LogP contribution < -0.4 is 19.7 Å². The van der Waals surface area contributed by atoms with Gasteiger partial charge in [0.1, 0.15) is 11.2 Å². The Morgan fingerprint density at radius 2 is 1.62 bits per heavy atom. The molecule has 0 aliphatic carbocycles. The molecule has 0 radical (unpaired) electrons. The Morgan fingerprint density at radius 1 is 0.958 bits per heavy atom. The molecule has 2 N–H and O–H groups in total. The summed E-state index contributed by atoms with van der Waals surface area (Å²) in [5.74, 6) is -1.03. The van der Waals surface area contributed by atoms with Gasteiger partial charge in [0.15, 0.2) is 0 Å². The van der Waals surface area contributed by atoms with E-state index in [9.17, 15) is 22.8 Å². The summed E-state index contributed by atoms with van der Waals surface area (Å²) in [6.45, 7) is 13.3. The van der Waals surface area contributed by atoms with Crippen LogP contribution in [0.25, 0.3) is 0 Å². The highest BCUT2D eigenvalue weighted by Crippen LogP contribution is 2.51. The molecular weight excluding hydrogens is 656 g/mol. The van der Waals surface area contributed by atoms with Gasteiger partial charge in [-0.3, -0.25) is 19.3 Å². The quantitative estimate of drug-likeness (QED) is 0.319. The molecule has 3 aromatic rings. The molecule has 2 aliphatic rings. The lowest BCUT2D eigenvalue weighted by molar-refractivity contribution is -0.120. The summed E-state index contributed by atoms with van der Waals surface area (Å²) >= 11 is 6.74. The van der Waals surface area contributed by atoms with Gasteiger partial charge in [-0.1, -0.05) is 11.6 Å². The molecule has 0 saturated carbocycles. The zero-order chi connectivity index (χ0) is 34.9. The molecule has 2 heterocycles. The Kier molecular flexibility index (Phi) is 10.2. The second-order valence-corrected chi connectivity index (χ2v) is 15.1. The van der Waals surface area contributed by atoms with E-state index in [0.717, 1.165) is 17.4 Å². The van der Waals surface area contributed by atoms with Crippen LogP contribution >= 0.6 is 11.6 Å². The van der Waals surface area contributed by atoms with Gasteiger partial charge in [-0.05, 0) is 101 Å². The van der Waals surface area contributed by atoms with Crippen molar-refractivity contribution in [3.05, 3.63) is 87.9 Å². The molecule has 11 nitrogen and oxygen atoms in total. The third-order valence-corrected chi connectivity index (χ3v) is 10.4. The number of fused-ring (bicyclic) bond motifs is 1. The van der Waals surface area contributed by atoms with Crippen molar-refractivity contribution in [2.24, 2.45) is 0 Å². The van der Waals surface area contributed by atoms with E-state index in [4.69, 9.17) is 21.1 Å². The van der Waals surface area contributed by atoms with Crippen LogP contribution in [0.2, 0.25) is 5.02 Å². The molecule has 1 unspecified atom stereocenters. The van der Waals surface area contributed by atoms with Crippen LogP contribution in [0.15, 0.2) is 65.6 Å². The first-order valence-corrected chi connectivity index (χ1v) is 17.7. The zero-order valence-corrected chi connectivity index (χ0v) is 29.3. The highest BCUT2D eigenvalue weighted by atomic mass is 35.5. The van der Waals surface area contributed by atoms with Crippen LogP contribution in [0.3, 0.4) is 0 Å². The molecule has 2 aliphatic heterocycles.